The maximum Gasteiger partial charge on any atom is 0.276 e. The number of halogens is 1. The van der Waals surface area contributed by atoms with Gasteiger partial charge in [-0.1, -0.05) is 0 Å². The molecular weight excluding hydrogens is 134 g/mol. The molecule has 0 saturated heterocycles. The van der Waals surface area contributed by atoms with Crippen molar-refractivity contribution in [2.45, 2.75) is 6.92 Å². The Morgan fingerprint density at radius 2 is 2.29 bits per heavy atom. The van der Waals surface area contributed by atoms with Crippen LogP contribution in [-0.4, -0.2) is 13.7 Å². The lowest BCUT2D eigenvalue weighted by Gasteiger charge is -2.01. The van der Waals surface area contributed by atoms with E-state index in [0.717, 1.165) is 0 Å². The molecule has 0 aliphatic rings. The van der Waals surface area contributed by atoms with Crippen LogP contribution in [0, 0.1) is 0 Å². The Bertz CT molecular complexity index is 43.9. The van der Waals surface area contributed by atoms with Crippen molar-refractivity contribution in [3.05, 3.63) is 0 Å². The molecule has 0 aromatic heterocycles. The first-order chi connectivity index (χ1) is 3.31. The van der Waals surface area contributed by atoms with E-state index in [2.05, 4.69) is 4.52 Å². The summed E-state index contributed by atoms with van der Waals surface area (Å²) < 4.78 is 9.40. The molecule has 0 aromatic carbocycles. The standard InChI is InChI=1S/C3H8ClO2P/c1-3-6-7(4)5-2/h3H2,1-2H3. The largest absolute Gasteiger partial charge is 0.326 e. The second-order valence-corrected chi connectivity index (χ2v) is 2.69. The van der Waals surface area contributed by atoms with Gasteiger partial charge in [-0.05, 0) is 18.2 Å². The summed E-state index contributed by atoms with van der Waals surface area (Å²) in [7, 11) is 0.416. The number of rotatable bonds is 3. The molecule has 0 N–H and O–H groups in total. The van der Waals surface area contributed by atoms with Gasteiger partial charge < -0.3 is 9.05 Å². The second kappa shape index (κ2) is 4.79. The summed E-state index contributed by atoms with van der Waals surface area (Å²) in [5, 5.41) is 0. The smallest absolute Gasteiger partial charge is 0.276 e. The first-order valence-corrected chi connectivity index (χ1v) is 4.02. The lowest BCUT2D eigenvalue weighted by molar-refractivity contribution is 0.311. The van der Waals surface area contributed by atoms with Crippen LogP contribution in [0.15, 0.2) is 0 Å². The van der Waals surface area contributed by atoms with Gasteiger partial charge in [0.2, 0.25) is 0 Å². The summed E-state index contributed by atoms with van der Waals surface area (Å²) in [6.07, 6.45) is 0. The molecule has 0 saturated carbocycles. The van der Waals surface area contributed by atoms with Crippen molar-refractivity contribution in [2.75, 3.05) is 13.7 Å². The molecule has 0 bridgehead atoms. The van der Waals surface area contributed by atoms with Crippen molar-refractivity contribution in [2.24, 2.45) is 0 Å². The molecule has 7 heavy (non-hydrogen) atoms. The van der Waals surface area contributed by atoms with Crippen molar-refractivity contribution in [1.29, 1.82) is 0 Å². The average molecular weight is 143 g/mol. The minimum absolute atomic E-state index is 0.614. The average Bonchev–Trinajstić information content (AvgIpc) is 1.68. The first-order valence-electron chi connectivity index (χ1n) is 1.94. The van der Waals surface area contributed by atoms with Gasteiger partial charge in [-0.15, -0.1) is 0 Å². The van der Waals surface area contributed by atoms with E-state index >= 15 is 0 Å². The molecule has 0 spiro atoms. The fourth-order valence-corrected chi connectivity index (χ4v) is 0.755. The summed E-state index contributed by atoms with van der Waals surface area (Å²) >= 11 is 5.39. The maximum atomic E-state index is 5.39. The van der Waals surface area contributed by atoms with E-state index in [-0.39, 0.29) is 0 Å². The molecule has 4 heteroatoms. The van der Waals surface area contributed by atoms with Crippen molar-refractivity contribution in [1.82, 2.24) is 0 Å². The molecule has 1 unspecified atom stereocenters. The lowest BCUT2D eigenvalue weighted by Crippen LogP contribution is -1.78. The Kier molecular flexibility index (Phi) is 5.23. The minimum atomic E-state index is -1.11. The predicted octanol–water partition coefficient (Wildman–Crippen LogP) is 2.13. The second-order valence-electron chi connectivity index (χ2n) is 0.813. The van der Waals surface area contributed by atoms with Gasteiger partial charge in [0, 0.05) is 7.11 Å². The zero-order valence-electron chi connectivity index (χ0n) is 4.35. The van der Waals surface area contributed by atoms with E-state index in [1.165, 1.54) is 7.11 Å². The minimum Gasteiger partial charge on any atom is -0.326 e. The summed E-state index contributed by atoms with van der Waals surface area (Å²) in [4.78, 5) is 0. The third-order valence-electron chi connectivity index (χ3n) is 0.374. The summed E-state index contributed by atoms with van der Waals surface area (Å²) in [5.74, 6) is 0. The SMILES string of the molecule is CCOP(Cl)OC. The van der Waals surface area contributed by atoms with E-state index in [1.807, 2.05) is 6.92 Å². The van der Waals surface area contributed by atoms with Crippen molar-refractivity contribution in [3.63, 3.8) is 0 Å². The van der Waals surface area contributed by atoms with Crippen molar-refractivity contribution in [3.8, 4) is 0 Å². The van der Waals surface area contributed by atoms with E-state index in [1.54, 1.807) is 0 Å². The Labute approximate surface area is 49.5 Å². The van der Waals surface area contributed by atoms with E-state index < -0.39 is 7.73 Å². The van der Waals surface area contributed by atoms with Gasteiger partial charge in [0.05, 0.1) is 6.61 Å². The highest BCUT2D eigenvalue weighted by Gasteiger charge is 1.97. The summed E-state index contributed by atoms with van der Waals surface area (Å²) in [5.41, 5.74) is 0. The Morgan fingerprint density at radius 1 is 1.71 bits per heavy atom. The van der Waals surface area contributed by atoms with Gasteiger partial charge in [-0.25, -0.2) is 0 Å². The van der Waals surface area contributed by atoms with Gasteiger partial charge >= 0.3 is 0 Å². The van der Waals surface area contributed by atoms with Crippen LogP contribution in [0.1, 0.15) is 6.92 Å². The molecule has 0 aliphatic carbocycles. The normalized spacial score (nSPS) is 14.1. The van der Waals surface area contributed by atoms with Crippen LogP contribution >= 0.6 is 19.0 Å². The van der Waals surface area contributed by atoms with Crippen LogP contribution in [0.3, 0.4) is 0 Å². The molecule has 44 valence electrons. The van der Waals surface area contributed by atoms with E-state index in [4.69, 9.17) is 15.8 Å². The zero-order chi connectivity index (χ0) is 5.70. The molecule has 1 atom stereocenters. The van der Waals surface area contributed by atoms with Crippen LogP contribution in [0.25, 0.3) is 0 Å². The Morgan fingerprint density at radius 3 is 2.43 bits per heavy atom. The molecule has 0 aliphatic heterocycles. The van der Waals surface area contributed by atoms with Crippen LogP contribution in [0.5, 0.6) is 0 Å². The van der Waals surface area contributed by atoms with Crippen LogP contribution in [-0.2, 0) is 9.05 Å². The highest BCUT2D eigenvalue weighted by molar-refractivity contribution is 7.76. The van der Waals surface area contributed by atoms with Gasteiger partial charge in [-0.3, -0.25) is 0 Å². The van der Waals surface area contributed by atoms with Crippen molar-refractivity contribution >= 4 is 19.0 Å². The molecule has 0 rings (SSSR count). The third kappa shape index (κ3) is 4.49. The molecule has 0 radical (unpaired) electrons. The van der Waals surface area contributed by atoms with Crippen LogP contribution < -0.4 is 0 Å². The highest BCUT2D eigenvalue weighted by Crippen LogP contribution is 2.41. The molecule has 0 aromatic rings. The predicted molar refractivity (Wildman–Crippen MR) is 31.4 cm³/mol. The quantitative estimate of drug-likeness (QED) is 0.562. The fraction of sp³-hybridized carbons (Fsp3) is 1.00. The number of hydrogen-bond donors (Lipinski definition) is 0. The zero-order valence-corrected chi connectivity index (χ0v) is 6.00. The Balaban J connectivity index is 2.83. The monoisotopic (exact) mass is 142 g/mol. The molecule has 0 fully saturated rings. The van der Waals surface area contributed by atoms with Gasteiger partial charge in [0.15, 0.2) is 0 Å². The van der Waals surface area contributed by atoms with Gasteiger partial charge in [-0.2, -0.15) is 0 Å². The summed E-state index contributed by atoms with van der Waals surface area (Å²) in [6.45, 7) is 2.49. The topological polar surface area (TPSA) is 18.5 Å². The summed E-state index contributed by atoms with van der Waals surface area (Å²) in [6, 6.07) is 0. The lowest BCUT2D eigenvalue weighted by atomic mass is 10.9. The van der Waals surface area contributed by atoms with E-state index in [9.17, 15) is 0 Å². The fourth-order valence-electron chi connectivity index (χ4n) is 0.154. The third-order valence-corrected chi connectivity index (χ3v) is 1.83. The molecule has 2 nitrogen and oxygen atoms in total. The van der Waals surface area contributed by atoms with E-state index in [0.29, 0.717) is 6.61 Å². The Hall–Kier alpha value is 0.640. The van der Waals surface area contributed by atoms with Crippen LogP contribution in [0.2, 0.25) is 0 Å². The molecular formula is C3H8ClO2P. The van der Waals surface area contributed by atoms with Gasteiger partial charge in [0.25, 0.3) is 7.73 Å². The highest BCUT2D eigenvalue weighted by atomic mass is 35.7. The van der Waals surface area contributed by atoms with Crippen LogP contribution in [0.4, 0.5) is 0 Å². The maximum absolute atomic E-state index is 5.39. The molecule has 0 heterocycles. The number of hydrogen-bond acceptors (Lipinski definition) is 2. The molecule has 0 amide bonds. The van der Waals surface area contributed by atoms with Crippen molar-refractivity contribution < 1.29 is 9.05 Å². The van der Waals surface area contributed by atoms with Gasteiger partial charge in [0.1, 0.15) is 0 Å². The first kappa shape index (κ1) is 7.64.